The molecule has 2 amide bonds. The normalized spacial score (nSPS) is 22.3. The number of carbonyl (C=O) groups is 2. The molecule has 1 saturated carbocycles. The summed E-state index contributed by atoms with van der Waals surface area (Å²) in [5, 5.41) is 16.9. The number of aliphatic hydroxyl groups excluding tert-OH is 1. The molecule has 1 aromatic rings. The van der Waals surface area contributed by atoms with Crippen LogP contribution in [0, 0.1) is 5.92 Å². The van der Waals surface area contributed by atoms with E-state index in [1.807, 2.05) is 0 Å². The molecule has 3 N–H and O–H groups in total. The molecule has 0 bridgehead atoms. The summed E-state index contributed by atoms with van der Waals surface area (Å²) in [7, 11) is 0. The monoisotopic (exact) mass is 297 g/mol. The molecule has 0 aromatic carbocycles. The number of aromatic nitrogens is 1. The number of nitrogens with zero attached hydrogens (tertiary/aromatic N) is 1. The van der Waals surface area contributed by atoms with Crippen molar-refractivity contribution in [2.24, 2.45) is 5.92 Å². The zero-order valence-electron chi connectivity index (χ0n) is 11.4. The van der Waals surface area contributed by atoms with Crippen LogP contribution in [0.2, 0.25) is 0 Å². The summed E-state index contributed by atoms with van der Waals surface area (Å²) >= 11 is 1.22. The zero-order chi connectivity index (χ0) is 14.5. The third-order valence-electron chi connectivity index (χ3n) is 3.48. The van der Waals surface area contributed by atoms with Crippen molar-refractivity contribution in [3.05, 3.63) is 11.1 Å². The van der Waals surface area contributed by atoms with Crippen molar-refractivity contribution < 1.29 is 14.7 Å². The van der Waals surface area contributed by atoms with E-state index in [2.05, 4.69) is 15.6 Å². The number of thiazole rings is 1. The number of anilines is 1. The van der Waals surface area contributed by atoms with Crippen LogP contribution in [0.15, 0.2) is 5.38 Å². The van der Waals surface area contributed by atoms with Gasteiger partial charge in [-0.25, -0.2) is 4.98 Å². The van der Waals surface area contributed by atoms with Gasteiger partial charge in [-0.15, -0.1) is 11.3 Å². The molecule has 1 aromatic heterocycles. The van der Waals surface area contributed by atoms with Gasteiger partial charge in [-0.2, -0.15) is 0 Å². The van der Waals surface area contributed by atoms with Crippen molar-refractivity contribution in [3.8, 4) is 0 Å². The number of carbonyl (C=O) groups excluding carboxylic acids is 2. The Labute approximate surface area is 121 Å². The van der Waals surface area contributed by atoms with Gasteiger partial charge in [0.1, 0.15) is 5.69 Å². The van der Waals surface area contributed by atoms with Gasteiger partial charge in [0.05, 0.1) is 0 Å². The Kier molecular flexibility index (Phi) is 5.08. The number of hydrogen-bond acceptors (Lipinski definition) is 5. The lowest BCUT2D eigenvalue weighted by atomic mass is 9.85. The van der Waals surface area contributed by atoms with E-state index in [1.54, 1.807) is 5.38 Å². The van der Waals surface area contributed by atoms with Crippen LogP contribution < -0.4 is 10.6 Å². The number of hydrogen-bond donors (Lipinski definition) is 3. The van der Waals surface area contributed by atoms with E-state index >= 15 is 0 Å². The average molecular weight is 297 g/mol. The van der Waals surface area contributed by atoms with E-state index in [4.69, 9.17) is 0 Å². The minimum Gasteiger partial charge on any atom is -0.396 e. The second-order valence-electron chi connectivity index (χ2n) is 5.03. The first-order valence-electron chi connectivity index (χ1n) is 6.75. The molecule has 2 atom stereocenters. The fourth-order valence-corrected chi connectivity index (χ4v) is 3.18. The summed E-state index contributed by atoms with van der Waals surface area (Å²) in [6, 6.07) is 0.00664. The summed E-state index contributed by atoms with van der Waals surface area (Å²) in [5.74, 6) is -0.330. The Morgan fingerprint density at radius 1 is 1.45 bits per heavy atom. The highest BCUT2D eigenvalue weighted by Crippen LogP contribution is 2.24. The second kappa shape index (κ2) is 6.81. The highest BCUT2D eigenvalue weighted by molar-refractivity contribution is 7.14. The third kappa shape index (κ3) is 3.77. The number of nitrogens with one attached hydrogen (secondary N) is 2. The van der Waals surface area contributed by atoms with Gasteiger partial charge in [-0.05, 0) is 12.8 Å². The fraction of sp³-hybridized carbons (Fsp3) is 0.615. The van der Waals surface area contributed by atoms with E-state index in [9.17, 15) is 14.7 Å². The van der Waals surface area contributed by atoms with Gasteiger partial charge >= 0.3 is 0 Å². The highest BCUT2D eigenvalue weighted by Gasteiger charge is 2.26. The van der Waals surface area contributed by atoms with Crippen LogP contribution in [0.3, 0.4) is 0 Å². The lowest BCUT2D eigenvalue weighted by Gasteiger charge is -2.30. The lowest BCUT2D eigenvalue weighted by Crippen LogP contribution is -2.43. The second-order valence-corrected chi connectivity index (χ2v) is 5.88. The molecule has 2 rings (SSSR count). The molecule has 1 aliphatic carbocycles. The Morgan fingerprint density at radius 3 is 2.90 bits per heavy atom. The highest BCUT2D eigenvalue weighted by atomic mass is 32.1. The maximum Gasteiger partial charge on any atom is 0.271 e. The minimum atomic E-state index is -0.247. The van der Waals surface area contributed by atoms with Crippen molar-refractivity contribution in [2.75, 3.05) is 11.9 Å². The smallest absolute Gasteiger partial charge is 0.271 e. The van der Waals surface area contributed by atoms with Gasteiger partial charge in [-0.1, -0.05) is 12.8 Å². The van der Waals surface area contributed by atoms with Gasteiger partial charge in [0, 0.05) is 30.9 Å². The largest absolute Gasteiger partial charge is 0.396 e. The van der Waals surface area contributed by atoms with Crippen molar-refractivity contribution in [1.29, 1.82) is 0 Å². The molecule has 0 spiro atoms. The van der Waals surface area contributed by atoms with Crippen molar-refractivity contribution >= 4 is 28.3 Å². The summed E-state index contributed by atoms with van der Waals surface area (Å²) < 4.78 is 0. The Morgan fingerprint density at radius 2 is 2.20 bits per heavy atom. The van der Waals surface area contributed by atoms with E-state index in [0.29, 0.717) is 10.8 Å². The lowest BCUT2D eigenvalue weighted by molar-refractivity contribution is -0.114. The maximum absolute atomic E-state index is 12.1. The van der Waals surface area contributed by atoms with E-state index in [0.717, 1.165) is 25.7 Å². The Bertz CT molecular complexity index is 489. The molecule has 0 saturated heterocycles. The molecule has 1 heterocycles. The Balaban J connectivity index is 1.96. The first kappa shape index (κ1) is 14.9. The fourth-order valence-electron chi connectivity index (χ4n) is 2.44. The van der Waals surface area contributed by atoms with Crippen molar-refractivity contribution in [2.45, 2.75) is 38.6 Å². The quantitative estimate of drug-likeness (QED) is 0.783. The SMILES string of the molecule is CC(=O)Nc1nc(C(=O)NC2CCCCC2CO)cs1. The van der Waals surface area contributed by atoms with Gasteiger partial charge < -0.3 is 15.7 Å². The Hall–Kier alpha value is -1.47. The topological polar surface area (TPSA) is 91.3 Å². The van der Waals surface area contributed by atoms with Gasteiger partial charge in [0.2, 0.25) is 5.91 Å². The van der Waals surface area contributed by atoms with Gasteiger partial charge in [-0.3, -0.25) is 9.59 Å². The minimum absolute atomic E-state index is 0.00664. The molecule has 6 nitrogen and oxygen atoms in total. The summed E-state index contributed by atoms with van der Waals surface area (Å²) in [4.78, 5) is 27.1. The van der Waals surface area contributed by atoms with Crippen LogP contribution in [0.4, 0.5) is 5.13 Å². The molecule has 20 heavy (non-hydrogen) atoms. The standard InChI is InChI=1S/C13H19N3O3S/c1-8(18)14-13-16-11(7-20-13)12(19)15-10-5-3-2-4-9(10)6-17/h7,9-10,17H,2-6H2,1H3,(H,15,19)(H,14,16,18). The van der Waals surface area contributed by atoms with Crippen LogP contribution >= 0.6 is 11.3 Å². The molecular formula is C13H19N3O3S. The van der Waals surface area contributed by atoms with Gasteiger partial charge in [0.25, 0.3) is 5.91 Å². The predicted molar refractivity (Wildman–Crippen MR) is 76.7 cm³/mol. The molecule has 1 fully saturated rings. The summed E-state index contributed by atoms with van der Waals surface area (Å²) in [6.07, 6.45) is 3.99. The van der Waals surface area contributed by atoms with Crippen LogP contribution in [-0.2, 0) is 4.79 Å². The van der Waals surface area contributed by atoms with Crippen molar-refractivity contribution in [1.82, 2.24) is 10.3 Å². The molecule has 110 valence electrons. The van der Waals surface area contributed by atoms with Crippen LogP contribution in [-0.4, -0.2) is 34.6 Å². The summed E-state index contributed by atoms with van der Waals surface area (Å²) in [5.41, 5.74) is 0.306. The molecule has 0 aliphatic heterocycles. The van der Waals surface area contributed by atoms with E-state index < -0.39 is 0 Å². The number of amides is 2. The molecular weight excluding hydrogens is 278 g/mol. The molecule has 2 unspecified atom stereocenters. The average Bonchev–Trinajstić information content (AvgIpc) is 2.87. The van der Waals surface area contributed by atoms with Crippen LogP contribution in [0.1, 0.15) is 43.1 Å². The van der Waals surface area contributed by atoms with E-state index in [-0.39, 0.29) is 30.4 Å². The van der Waals surface area contributed by atoms with Crippen molar-refractivity contribution in [3.63, 3.8) is 0 Å². The van der Waals surface area contributed by atoms with Gasteiger partial charge in [0.15, 0.2) is 5.13 Å². The maximum atomic E-state index is 12.1. The number of rotatable bonds is 4. The molecule has 0 radical (unpaired) electrons. The number of aliphatic hydroxyl groups is 1. The van der Waals surface area contributed by atoms with E-state index in [1.165, 1.54) is 18.3 Å². The first-order chi connectivity index (χ1) is 9.60. The predicted octanol–water partition coefficient (Wildman–Crippen LogP) is 1.38. The van der Waals surface area contributed by atoms with Crippen LogP contribution in [0.25, 0.3) is 0 Å². The van der Waals surface area contributed by atoms with Crippen LogP contribution in [0.5, 0.6) is 0 Å². The molecule has 1 aliphatic rings. The third-order valence-corrected chi connectivity index (χ3v) is 4.24. The molecule has 7 heteroatoms. The first-order valence-corrected chi connectivity index (χ1v) is 7.63. The zero-order valence-corrected chi connectivity index (χ0v) is 12.2. The summed E-state index contributed by atoms with van der Waals surface area (Å²) in [6.45, 7) is 1.49.